The van der Waals surface area contributed by atoms with Gasteiger partial charge >= 0.3 is 5.97 Å². The Bertz CT molecular complexity index is 816. The van der Waals surface area contributed by atoms with E-state index in [0.717, 1.165) is 34.4 Å². The molecule has 1 aliphatic rings. The summed E-state index contributed by atoms with van der Waals surface area (Å²) in [4.78, 5) is 24.1. The number of Topliss-reactive ketones (excluding diaryl/α,β-unsaturated/α-hetero) is 1. The number of carbonyl (C=O) groups is 2. The fourth-order valence-electron chi connectivity index (χ4n) is 2.85. The number of hydrogen-bond donors (Lipinski definition) is 0. The molecular formula is C20H18O4. The number of ether oxygens (including phenoxy) is 2. The van der Waals surface area contributed by atoms with Crippen molar-refractivity contribution in [2.45, 2.75) is 12.8 Å². The Kier molecular flexibility index (Phi) is 4.47. The standard InChI is InChI=1S/C20H18O4/c1-23-17-9-10-18-15(12-17)7-8-16(19(18)21)11-13-3-5-14(6-4-13)20(22)24-2/h3-6,9-12H,7-8H2,1-2H3/b16-11-. The van der Waals surface area contributed by atoms with Crippen LogP contribution in [0.5, 0.6) is 5.75 Å². The van der Waals surface area contributed by atoms with Crippen molar-refractivity contribution in [1.29, 1.82) is 0 Å². The molecule has 0 saturated heterocycles. The largest absolute Gasteiger partial charge is 0.497 e. The van der Waals surface area contributed by atoms with Crippen LogP contribution in [-0.4, -0.2) is 26.0 Å². The molecule has 0 aliphatic heterocycles. The van der Waals surface area contributed by atoms with E-state index in [0.29, 0.717) is 12.0 Å². The topological polar surface area (TPSA) is 52.6 Å². The molecule has 4 heteroatoms. The molecule has 0 bridgehead atoms. The minimum Gasteiger partial charge on any atom is -0.497 e. The van der Waals surface area contributed by atoms with Crippen LogP contribution in [0.4, 0.5) is 0 Å². The molecule has 122 valence electrons. The first kappa shape index (κ1) is 16.0. The summed E-state index contributed by atoms with van der Waals surface area (Å²) in [5.41, 5.74) is 3.92. The van der Waals surface area contributed by atoms with Crippen molar-refractivity contribution >= 4 is 17.8 Å². The van der Waals surface area contributed by atoms with Crippen LogP contribution in [-0.2, 0) is 11.2 Å². The average Bonchev–Trinajstić information content (AvgIpc) is 2.63. The molecule has 24 heavy (non-hydrogen) atoms. The lowest BCUT2D eigenvalue weighted by Crippen LogP contribution is -2.14. The summed E-state index contributed by atoms with van der Waals surface area (Å²) in [5, 5.41) is 0. The van der Waals surface area contributed by atoms with Gasteiger partial charge in [-0.3, -0.25) is 4.79 Å². The predicted octanol–water partition coefficient (Wildman–Crippen LogP) is 3.69. The van der Waals surface area contributed by atoms with E-state index < -0.39 is 0 Å². The number of carbonyl (C=O) groups excluding carboxylic acids is 2. The quantitative estimate of drug-likeness (QED) is 0.639. The van der Waals surface area contributed by atoms with Crippen molar-refractivity contribution in [1.82, 2.24) is 0 Å². The van der Waals surface area contributed by atoms with E-state index in [4.69, 9.17) is 4.74 Å². The van der Waals surface area contributed by atoms with Crippen molar-refractivity contribution in [3.63, 3.8) is 0 Å². The van der Waals surface area contributed by atoms with E-state index in [2.05, 4.69) is 4.74 Å². The van der Waals surface area contributed by atoms with Gasteiger partial charge in [0.1, 0.15) is 5.75 Å². The fourth-order valence-corrected chi connectivity index (χ4v) is 2.85. The van der Waals surface area contributed by atoms with E-state index in [-0.39, 0.29) is 11.8 Å². The molecule has 0 aromatic heterocycles. The van der Waals surface area contributed by atoms with Crippen molar-refractivity contribution in [2.24, 2.45) is 0 Å². The molecule has 0 spiro atoms. The molecular weight excluding hydrogens is 304 g/mol. The maximum atomic E-state index is 12.7. The van der Waals surface area contributed by atoms with Crippen molar-refractivity contribution in [3.8, 4) is 5.75 Å². The molecule has 4 nitrogen and oxygen atoms in total. The van der Waals surface area contributed by atoms with Crippen LogP contribution in [0.15, 0.2) is 48.0 Å². The van der Waals surface area contributed by atoms with E-state index in [1.54, 1.807) is 19.2 Å². The first-order chi connectivity index (χ1) is 11.6. The van der Waals surface area contributed by atoms with Crippen molar-refractivity contribution in [2.75, 3.05) is 14.2 Å². The highest BCUT2D eigenvalue weighted by Crippen LogP contribution is 2.29. The van der Waals surface area contributed by atoms with E-state index in [1.165, 1.54) is 7.11 Å². The van der Waals surface area contributed by atoms with Gasteiger partial charge < -0.3 is 9.47 Å². The maximum absolute atomic E-state index is 12.7. The Hall–Kier alpha value is -2.88. The molecule has 0 unspecified atom stereocenters. The van der Waals surface area contributed by atoms with Gasteiger partial charge in [-0.2, -0.15) is 0 Å². The molecule has 3 rings (SSSR count). The molecule has 0 atom stereocenters. The zero-order valence-electron chi connectivity index (χ0n) is 13.7. The fraction of sp³-hybridized carbons (Fsp3) is 0.200. The SMILES string of the molecule is COC(=O)c1ccc(/C=C2/CCc3cc(OC)ccc3C2=O)cc1. The maximum Gasteiger partial charge on any atom is 0.337 e. The minimum atomic E-state index is -0.370. The molecule has 2 aromatic carbocycles. The molecule has 0 N–H and O–H groups in total. The highest BCUT2D eigenvalue weighted by atomic mass is 16.5. The normalized spacial score (nSPS) is 15.1. The second kappa shape index (κ2) is 6.71. The van der Waals surface area contributed by atoms with Gasteiger partial charge in [0, 0.05) is 11.1 Å². The Morgan fingerprint density at radius 2 is 1.79 bits per heavy atom. The number of esters is 1. The lowest BCUT2D eigenvalue weighted by atomic mass is 9.86. The summed E-state index contributed by atoms with van der Waals surface area (Å²) in [6.07, 6.45) is 3.39. The summed E-state index contributed by atoms with van der Waals surface area (Å²) < 4.78 is 9.90. The Labute approximate surface area is 140 Å². The van der Waals surface area contributed by atoms with Crippen molar-refractivity contribution in [3.05, 3.63) is 70.3 Å². The van der Waals surface area contributed by atoms with Gasteiger partial charge in [-0.1, -0.05) is 12.1 Å². The number of ketones is 1. The van der Waals surface area contributed by atoms with Crippen molar-refractivity contribution < 1.29 is 19.1 Å². The summed E-state index contributed by atoms with van der Waals surface area (Å²) in [6, 6.07) is 12.6. The smallest absolute Gasteiger partial charge is 0.337 e. The number of benzene rings is 2. The Morgan fingerprint density at radius 3 is 2.46 bits per heavy atom. The highest BCUT2D eigenvalue weighted by Gasteiger charge is 2.22. The van der Waals surface area contributed by atoms with Crippen LogP contribution in [0.1, 0.15) is 38.3 Å². The van der Waals surface area contributed by atoms with Gasteiger partial charge in [0.15, 0.2) is 5.78 Å². The number of rotatable bonds is 3. The van der Waals surface area contributed by atoms with Gasteiger partial charge in [0.05, 0.1) is 19.8 Å². The summed E-state index contributed by atoms with van der Waals surface area (Å²) in [5.74, 6) is 0.453. The van der Waals surface area contributed by atoms with Gasteiger partial charge in [-0.05, 0) is 60.4 Å². The third-order valence-electron chi connectivity index (χ3n) is 4.19. The predicted molar refractivity (Wildman–Crippen MR) is 91.4 cm³/mol. The summed E-state index contributed by atoms with van der Waals surface area (Å²) in [6.45, 7) is 0. The molecule has 1 aliphatic carbocycles. The monoisotopic (exact) mass is 322 g/mol. The molecule has 0 heterocycles. The zero-order chi connectivity index (χ0) is 17.1. The number of aryl methyl sites for hydroxylation is 1. The Balaban J connectivity index is 1.86. The third-order valence-corrected chi connectivity index (χ3v) is 4.19. The zero-order valence-corrected chi connectivity index (χ0v) is 13.7. The van der Waals surface area contributed by atoms with Crippen LogP contribution in [0, 0.1) is 0 Å². The van der Waals surface area contributed by atoms with Crippen LogP contribution < -0.4 is 4.74 Å². The van der Waals surface area contributed by atoms with E-state index in [9.17, 15) is 9.59 Å². The van der Waals surface area contributed by atoms with Crippen LogP contribution in [0.3, 0.4) is 0 Å². The highest BCUT2D eigenvalue weighted by molar-refractivity contribution is 6.13. The lowest BCUT2D eigenvalue weighted by molar-refractivity contribution is 0.0600. The first-order valence-corrected chi connectivity index (χ1v) is 7.73. The van der Waals surface area contributed by atoms with Gasteiger partial charge in [-0.25, -0.2) is 4.79 Å². The number of methoxy groups -OCH3 is 2. The minimum absolute atomic E-state index is 0.0518. The van der Waals surface area contributed by atoms with E-state index >= 15 is 0 Å². The van der Waals surface area contributed by atoms with Crippen LogP contribution in [0.25, 0.3) is 6.08 Å². The first-order valence-electron chi connectivity index (χ1n) is 7.73. The third kappa shape index (κ3) is 3.08. The average molecular weight is 322 g/mol. The lowest BCUT2D eigenvalue weighted by Gasteiger charge is -2.18. The van der Waals surface area contributed by atoms with Crippen LogP contribution in [0.2, 0.25) is 0 Å². The van der Waals surface area contributed by atoms with Gasteiger partial charge in [-0.15, -0.1) is 0 Å². The molecule has 0 saturated carbocycles. The summed E-state index contributed by atoms with van der Waals surface area (Å²) in [7, 11) is 2.97. The van der Waals surface area contributed by atoms with Gasteiger partial charge in [0.25, 0.3) is 0 Å². The second-order valence-corrected chi connectivity index (χ2v) is 5.64. The molecule has 0 radical (unpaired) electrons. The summed E-state index contributed by atoms with van der Waals surface area (Å²) >= 11 is 0. The van der Waals surface area contributed by atoms with E-state index in [1.807, 2.05) is 36.4 Å². The molecule has 0 fully saturated rings. The molecule has 0 amide bonds. The number of fused-ring (bicyclic) bond motifs is 1. The molecule has 2 aromatic rings. The second-order valence-electron chi connectivity index (χ2n) is 5.64. The Morgan fingerprint density at radius 1 is 1.04 bits per heavy atom. The number of allylic oxidation sites excluding steroid dienone is 1. The van der Waals surface area contributed by atoms with Crippen LogP contribution >= 0.6 is 0 Å². The number of hydrogen-bond acceptors (Lipinski definition) is 4. The van der Waals surface area contributed by atoms with Gasteiger partial charge in [0.2, 0.25) is 0 Å².